The van der Waals surface area contributed by atoms with Gasteiger partial charge < -0.3 is 15.1 Å². The van der Waals surface area contributed by atoms with Gasteiger partial charge in [0.05, 0.1) is 6.04 Å². The molecule has 0 saturated carbocycles. The van der Waals surface area contributed by atoms with E-state index in [2.05, 4.69) is 38.7 Å². The number of piperazine rings is 1. The van der Waals surface area contributed by atoms with Crippen molar-refractivity contribution in [2.75, 3.05) is 32.7 Å². The third kappa shape index (κ3) is 2.81. The van der Waals surface area contributed by atoms with Gasteiger partial charge in [0.15, 0.2) is 5.58 Å². The number of rotatable bonds is 3. The van der Waals surface area contributed by atoms with E-state index in [9.17, 15) is 0 Å². The Morgan fingerprint density at radius 1 is 1.24 bits per heavy atom. The third-order valence-electron chi connectivity index (χ3n) is 4.44. The number of hydrogen-bond donors (Lipinski definition) is 2. The maximum atomic E-state index is 5.90. The minimum Gasteiger partial charge on any atom is -0.439 e. The maximum absolute atomic E-state index is 5.90. The number of fused-ring (bicyclic) bond motifs is 1. The summed E-state index contributed by atoms with van der Waals surface area (Å²) in [6.07, 6.45) is 2.33. The standard InChI is InChI=1S/C16H22N4O/c1-2-13(18-5-1)16-19-14-10-12(3-4-15(14)21-16)11-20-8-6-17-7-9-20/h3-4,10,13,17-18H,1-2,5-9,11H2. The molecular weight excluding hydrogens is 264 g/mol. The first kappa shape index (κ1) is 13.2. The predicted molar refractivity (Wildman–Crippen MR) is 82.1 cm³/mol. The Bertz CT molecular complexity index is 612. The molecule has 5 nitrogen and oxygen atoms in total. The molecule has 0 amide bonds. The molecule has 2 aliphatic rings. The van der Waals surface area contributed by atoms with Crippen molar-refractivity contribution < 1.29 is 4.42 Å². The molecule has 21 heavy (non-hydrogen) atoms. The van der Waals surface area contributed by atoms with E-state index in [1.54, 1.807) is 0 Å². The molecule has 2 aromatic rings. The molecule has 2 fully saturated rings. The predicted octanol–water partition coefficient (Wildman–Crippen LogP) is 1.66. The van der Waals surface area contributed by atoms with Crippen molar-refractivity contribution in [3.8, 4) is 0 Å². The van der Waals surface area contributed by atoms with Gasteiger partial charge in [-0.1, -0.05) is 6.07 Å². The fourth-order valence-electron chi connectivity index (χ4n) is 3.26. The van der Waals surface area contributed by atoms with Crippen LogP contribution in [0.25, 0.3) is 11.1 Å². The largest absolute Gasteiger partial charge is 0.439 e. The van der Waals surface area contributed by atoms with Crippen LogP contribution in [0.15, 0.2) is 22.6 Å². The van der Waals surface area contributed by atoms with Gasteiger partial charge >= 0.3 is 0 Å². The van der Waals surface area contributed by atoms with Crippen molar-refractivity contribution >= 4 is 11.1 Å². The minimum atomic E-state index is 0.300. The van der Waals surface area contributed by atoms with E-state index < -0.39 is 0 Å². The molecule has 0 aliphatic carbocycles. The van der Waals surface area contributed by atoms with E-state index in [1.807, 2.05) is 0 Å². The summed E-state index contributed by atoms with van der Waals surface area (Å²) in [6, 6.07) is 6.72. The molecule has 1 atom stereocenters. The Labute approximate surface area is 124 Å². The molecule has 3 heterocycles. The van der Waals surface area contributed by atoms with Crippen LogP contribution < -0.4 is 10.6 Å². The number of oxazole rings is 1. The Kier molecular flexibility index (Phi) is 3.63. The van der Waals surface area contributed by atoms with Crippen molar-refractivity contribution in [2.24, 2.45) is 0 Å². The van der Waals surface area contributed by atoms with Gasteiger partial charge in [0.1, 0.15) is 5.52 Å². The van der Waals surface area contributed by atoms with Crippen molar-refractivity contribution in [2.45, 2.75) is 25.4 Å². The summed E-state index contributed by atoms with van der Waals surface area (Å²) in [5.41, 5.74) is 3.22. The lowest BCUT2D eigenvalue weighted by molar-refractivity contribution is 0.233. The van der Waals surface area contributed by atoms with E-state index >= 15 is 0 Å². The van der Waals surface area contributed by atoms with Crippen LogP contribution in [0.2, 0.25) is 0 Å². The topological polar surface area (TPSA) is 53.3 Å². The second-order valence-electron chi connectivity index (χ2n) is 6.03. The molecule has 0 bridgehead atoms. The molecule has 2 saturated heterocycles. The third-order valence-corrected chi connectivity index (χ3v) is 4.44. The van der Waals surface area contributed by atoms with Crippen LogP contribution in [-0.2, 0) is 6.54 Å². The highest BCUT2D eigenvalue weighted by atomic mass is 16.3. The van der Waals surface area contributed by atoms with Gasteiger partial charge in [-0.3, -0.25) is 4.90 Å². The smallest absolute Gasteiger partial charge is 0.212 e. The lowest BCUT2D eigenvalue weighted by atomic mass is 10.2. The number of hydrogen-bond acceptors (Lipinski definition) is 5. The van der Waals surface area contributed by atoms with Crippen molar-refractivity contribution in [1.29, 1.82) is 0 Å². The molecule has 0 spiro atoms. The van der Waals surface area contributed by atoms with E-state index in [-0.39, 0.29) is 0 Å². The summed E-state index contributed by atoms with van der Waals surface area (Å²) in [7, 11) is 0. The lowest BCUT2D eigenvalue weighted by Crippen LogP contribution is -2.42. The molecule has 1 aromatic heterocycles. The maximum Gasteiger partial charge on any atom is 0.212 e. The fraction of sp³-hybridized carbons (Fsp3) is 0.562. The van der Waals surface area contributed by atoms with Crippen LogP contribution in [-0.4, -0.2) is 42.6 Å². The van der Waals surface area contributed by atoms with Crippen LogP contribution >= 0.6 is 0 Å². The molecule has 5 heteroatoms. The van der Waals surface area contributed by atoms with E-state index in [0.29, 0.717) is 6.04 Å². The highest BCUT2D eigenvalue weighted by Gasteiger charge is 2.21. The Balaban J connectivity index is 1.54. The summed E-state index contributed by atoms with van der Waals surface area (Å²) in [5.74, 6) is 0.849. The van der Waals surface area contributed by atoms with Gasteiger partial charge in [-0.2, -0.15) is 0 Å². The first-order valence-electron chi connectivity index (χ1n) is 7.94. The second kappa shape index (κ2) is 5.75. The lowest BCUT2D eigenvalue weighted by Gasteiger charge is -2.27. The summed E-state index contributed by atoms with van der Waals surface area (Å²) >= 11 is 0. The van der Waals surface area contributed by atoms with E-state index in [0.717, 1.165) is 62.7 Å². The first-order chi connectivity index (χ1) is 10.4. The quantitative estimate of drug-likeness (QED) is 0.899. The van der Waals surface area contributed by atoms with Gasteiger partial charge in [-0.25, -0.2) is 4.98 Å². The van der Waals surface area contributed by atoms with Gasteiger partial charge in [0.25, 0.3) is 0 Å². The fourth-order valence-corrected chi connectivity index (χ4v) is 3.26. The molecule has 1 aromatic carbocycles. The van der Waals surface area contributed by atoms with Gasteiger partial charge in [-0.05, 0) is 37.1 Å². The zero-order chi connectivity index (χ0) is 14.1. The van der Waals surface area contributed by atoms with Crippen LogP contribution in [0.4, 0.5) is 0 Å². The number of nitrogens with one attached hydrogen (secondary N) is 2. The van der Waals surface area contributed by atoms with Crippen molar-refractivity contribution in [3.05, 3.63) is 29.7 Å². The molecule has 2 aliphatic heterocycles. The number of benzene rings is 1. The van der Waals surface area contributed by atoms with Gasteiger partial charge in [-0.15, -0.1) is 0 Å². The summed E-state index contributed by atoms with van der Waals surface area (Å²) in [5, 5.41) is 6.83. The second-order valence-corrected chi connectivity index (χ2v) is 6.03. The van der Waals surface area contributed by atoms with Crippen LogP contribution in [0.1, 0.15) is 30.3 Å². The summed E-state index contributed by atoms with van der Waals surface area (Å²) < 4.78 is 5.90. The van der Waals surface area contributed by atoms with E-state index in [4.69, 9.17) is 4.42 Å². The van der Waals surface area contributed by atoms with Gasteiger partial charge in [0.2, 0.25) is 5.89 Å². The number of nitrogens with zero attached hydrogens (tertiary/aromatic N) is 2. The normalized spacial score (nSPS) is 23.9. The first-order valence-corrected chi connectivity index (χ1v) is 7.94. The average Bonchev–Trinajstić information content (AvgIpc) is 3.17. The van der Waals surface area contributed by atoms with Crippen molar-refractivity contribution in [3.63, 3.8) is 0 Å². The zero-order valence-electron chi connectivity index (χ0n) is 12.3. The Morgan fingerprint density at radius 3 is 2.95 bits per heavy atom. The number of aromatic nitrogens is 1. The highest BCUT2D eigenvalue weighted by Crippen LogP contribution is 2.26. The summed E-state index contributed by atoms with van der Waals surface area (Å²) in [4.78, 5) is 7.17. The molecule has 112 valence electrons. The van der Waals surface area contributed by atoms with Crippen LogP contribution in [0.5, 0.6) is 0 Å². The van der Waals surface area contributed by atoms with E-state index in [1.165, 1.54) is 12.0 Å². The van der Waals surface area contributed by atoms with Gasteiger partial charge in [0, 0.05) is 32.7 Å². The zero-order valence-corrected chi connectivity index (χ0v) is 12.3. The molecular formula is C16H22N4O. The Hall–Kier alpha value is -1.43. The molecule has 1 unspecified atom stereocenters. The molecule has 2 N–H and O–H groups in total. The highest BCUT2D eigenvalue weighted by molar-refractivity contribution is 5.73. The molecule has 0 radical (unpaired) electrons. The minimum absolute atomic E-state index is 0.300. The monoisotopic (exact) mass is 286 g/mol. The Morgan fingerprint density at radius 2 is 2.14 bits per heavy atom. The SMILES string of the molecule is c1cc2oc(C3CCCN3)nc2cc1CN1CCNCC1. The average molecular weight is 286 g/mol. The van der Waals surface area contributed by atoms with Crippen LogP contribution in [0, 0.1) is 0 Å². The van der Waals surface area contributed by atoms with Crippen molar-refractivity contribution in [1.82, 2.24) is 20.5 Å². The van der Waals surface area contributed by atoms with Crippen LogP contribution in [0.3, 0.4) is 0 Å². The summed E-state index contributed by atoms with van der Waals surface area (Å²) in [6.45, 7) is 6.48. The molecule has 4 rings (SSSR count).